The highest BCUT2D eigenvalue weighted by molar-refractivity contribution is 5.92. The van der Waals surface area contributed by atoms with Crippen molar-refractivity contribution >= 4 is 22.1 Å². The first-order valence-electron chi connectivity index (χ1n) is 8.38. The monoisotopic (exact) mass is 318 g/mol. The summed E-state index contributed by atoms with van der Waals surface area (Å²) in [5.41, 5.74) is 6.83. The molecule has 0 spiro atoms. The van der Waals surface area contributed by atoms with Crippen molar-refractivity contribution in [2.24, 2.45) is 0 Å². The molecule has 5 heterocycles. The second-order valence-electron chi connectivity index (χ2n) is 6.35. The molecule has 1 aliphatic rings. The van der Waals surface area contributed by atoms with E-state index in [1.54, 1.807) is 6.20 Å². The fourth-order valence-electron chi connectivity index (χ4n) is 3.53. The number of aromatic amines is 2. The Hall–Kier alpha value is -2.73. The van der Waals surface area contributed by atoms with E-state index in [2.05, 4.69) is 37.6 Å². The summed E-state index contributed by atoms with van der Waals surface area (Å²) in [7, 11) is 0. The van der Waals surface area contributed by atoms with Crippen LogP contribution in [0.4, 0.5) is 0 Å². The summed E-state index contributed by atoms with van der Waals surface area (Å²) >= 11 is 0. The first-order valence-corrected chi connectivity index (χ1v) is 8.38. The molecule has 120 valence electrons. The molecule has 0 bridgehead atoms. The van der Waals surface area contributed by atoms with E-state index in [4.69, 9.17) is 4.98 Å². The quantitative estimate of drug-likeness (QED) is 0.531. The molecule has 0 aliphatic carbocycles. The number of rotatable bonds is 2. The summed E-state index contributed by atoms with van der Waals surface area (Å²) in [5, 5.41) is 11.0. The van der Waals surface area contributed by atoms with Crippen molar-refractivity contribution in [3.63, 3.8) is 0 Å². The van der Waals surface area contributed by atoms with Crippen LogP contribution < -0.4 is 5.32 Å². The van der Waals surface area contributed by atoms with Gasteiger partial charge in [0.05, 0.1) is 22.2 Å². The molecule has 6 heteroatoms. The Kier molecular flexibility index (Phi) is 3.09. The molecule has 5 rings (SSSR count). The zero-order valence-electron chi connectivity index (χ0n) is 13.2. The maximum absolute atomic E-state index is 4.94. The Labute approximate surface area is 138 Å². The van der Waals surface area contributed by atoms with Crippen LogP contribution in [0.3, 0.4) is 0 Å². The summed E-state index contributed by atoms with van der Waals surface area (Å²) in [6, 6.07) is 10.2. The van der Waals surface area contributed by atoms with Crippen molar-refractivity contribution in [1.29, 1.82) is 0 Å². The zero-order chi connectivity index (χ0) is 15.9. The molecule has 0 radical (unpaired) electrons. The highest BCUT2D eigenvalue weighted by Crippen LogP contribution is 2.30. The number of nitrogens with one attached hydrogen (secondary N) is 3. The summed E-state index contributed by atoms with van der Waals surface area (Å²) in [6.45, 7) is 2.13. The minimum atomic E-state index is 0.530. The van der Waals surface area contributed by atoms with Gasteiger partial charge in [0.15, 0.2) is 0 Å². The molecule has 0 amide bonds. The van der Waals surface area contributed by atoms with Crippen molar-refractivity contribution in [3.8, 4) is 11.4 Å². The van der Waals surface area contributed by atoms with E-state index < -0.39 is 0 Å². The molecule has 3 N–H and O–H groups in total. The smallest absolute Gasteiger partial charge is 0.135 e. The third-order valence-corrected chi connectivity index (χ3v) is 4.83. The number of hydrogen-bond donors (Lipinski definition) is 3. The van der Waals surface area contributed by atoms with Crippen molar-refractivity contribution < 1.29 is 0 Å². The van der Waals surface area contributed by atoms with Gasteiger partial charge in [0.1, 0.15) is 11.2 Å². The molecule has 4 aromatic rings. The van der Waals surface area contributed by atoms with Gasteiger partial charge >= 0.3 is 0 Å². The Morgan fingerprint density at radius 1 is 1.04 bits per heavy atom. The highest BCUT2D eigenvalue weighted by Gasteiger charge is 2.19. The predicted octanol–water partition coefficient (Wildman–Crippen LogP) is 2.97. The fourth-order valence-corrected chi connectivity index (χ4v) is 3.53. The van der Waals surface area contributed by atoms with Gasteiger partial charge in [0.25, 0.3) is 0 Å². The van der Waals surface area contributed by atoms with E-state index in [1.165, 1.54) is 5.69 Å². The summed E-state index contributed by atoms with van der Waals surface area (Å²) in [4.78, 5) is 12.7. The maximum Gasteiger partial charge on any atom is 0.135 e. The van der Waals surface area contributed by atoms with E-state index in [-0.39, 0.29) is 0 Å². The largest absolute Gasteiger partial charge is 0.352 e. The van der Waals surface area contributed by atoms with Gasteiger partial charge in [0.2, 0.25) is 0 Å². The van der Waals surface area contributed by atoms with Gasteiger partial charge in [-0.15, -0.1) is 0 Å². The van der Waals surface area contributed by atoms with E-state index in [1.807, 2.05) is 18.2 Å². The van der Waals surface area contributed by atoms with Crippen LogP contribution in [0.25, 0.3) is 33.5 Å². The van der Waals surface area contributed by atoms with Crippen LogP contribution in [-0.2, 0) is 0 Å². The normalized spacial score (nSPS) is 16.2. The van der Waals surface area contributed by atoms with Crippen molar-refractivity contribution in [1.82, 2.24) is 30.5 Å². The number of H-pyrrole nitrogens is 2. The molecule has 24 heavy (non-hydrogen) atoms. The third kappa shape index (κ3) is 2.18. The lowest BCUT2D eigenvalue weighted by molar-refractivity contribution is 0.454. The predicted molar refractivity (Wildman–Crippen MR) is 93.8 cm³/mol. The van der Waals surface area contributed by atoms with Crippen molar-refractivity contribution in [3.05, 3.63) is 42.2 Å². The fraction of sp³-hybridized carbons (Fsp3) is 0.278. The number of nitrogens with zero attached hydrogens (tertiary/aromatic N) is 3. The van der Waals surface area contributed by atoms with Gasteiger partial charge in [-0.2, -0.15) is 5.10 Å². The minimum Gasteiger partial charge on any atom is -0.352 e. The van der Waals surface area contributed by atoms with Crippen LogP contribution in [0.15, 0.2) is 36.5 Å². The number of hydrogen-bond acceptors (Lipinski definition) is 4. The molecule has 0 saturated carbocycles. The number of fused-ring (bicyclic) bond motifs is 2. The molecule has 0 unspecified atom stereocenters. The standard InChI is InChI=1S/C18H18N6/c1-2-13-15(20-7-1)10-16(21-13)18-17-14(23-24-18)4-3-12(22-17)11-5-8-19-9-6-11/h1-4,7,10-11,19,21H,5-6,8-9H2,(H,23,24). The Morgan fingerprint density at radius 2 is 1.96 bits per heavy atom. The van der Waals surface area contributed by atoms with Gasteiger partial charge in [-0.1, -0.05) is 0 Å². The summed E-state index contributed by atoms with van der Waals surface area (Å²) < 4.78 is 0. The Bertz CT molecular complexity index is 976. The lowest BCUT2D eigenvalue weighted by Crippen LogP contribution is -2.27. The lowest BCUT2D eigenvalue weighted by Gasteiger charge is -2.22. The van der Waals surface area contributed by atoms with E-state index in [0.717, 1.165) is 59.4 Å². The molecule has 0 atom stereocenters. The van der Waals surface area contributed by atoms with Gasteiger partial charge < -0.3 is 10.3 Å². The average Bonchev–Trinajstić information content (AvgIpc) is 3.25. The average molecular weight is 318 g/mol. The molecule has 1 saturated heterocycles. The zero-order valence-corrected chi connectivity index (χ0v) is 13.2. The first-order chi connectivity index (χ1) is 11.9. The lowest BCUT2D eigenvalue weighted by atomic mass is 9.94. The van der Waals surface area contributed by atoms with Gasteiger partial charge in [-0.25, -0.2) is 4.98 Å². The Balaban J connectivity index is 1.62. The molecular weight excluding hydrogens is 300 g/mol. The molecule has 4 aromatic heterocycles. The number of piperidine rings is 1. The molecule has 1 fully saturated rings. The minimum absolute atomic E-state index is 0.530. The summed E-state index contributed by atoms with van der Waals surface area (Å²) in [6.07, 6.45) is 4.08. The topological polar surface area (TPSA) is 82.3 Å². The molecule has 1 aliphatic heterocycles. The van der Waals surface area contributed by atoms with Gasteiger partial charge in [-0.05, 0) is 56.3 Å². The first kappa shape index (κ1) is 13.7. The van der Waals surface area contributed by atoms with Gasteiger partial charge in [0, 0.05) is 17.8 Å². The molecule has 0 aromatic carbocycles. The van der Waals surface area contributed by atoms with E-state index in [0.29, 0.717) is 5.92 Å². The second-order valence-corrected chi connectivity index (χ2v) is 6.35. The Morgan fingerprint density at radius 3 is 2.83 bits per heavy atom. The van der Waals surface area contributed by atoms with Crippen LogP contribution in [0, 0.1) is 0 Å². The molecule has 6 nitrogen and oxygen atoms in total. The van der Waals surface area contributed by atoms with Crippen LogP contribution in [0.2, 0.25) is 0 Å². The van der Waals surface area contributed by atoms with E-state index in [9.17, 15) is 0 Å². The number of aromatic nitrogens is 5. The highest BCUT2D eigenvalue weighted by atomic mass is 15.1. The van der Waals surface area contributed by atoms with Crippen LogP contribution >= 0.6 is 0 Å². The number of pyridine rings is 2. The van der Waals surface area contributed by atoms with Crippen LogP contribution in [-0.4, -0.2) is 38.2 Å². The van der Waals surface area contributed by atoms with Gasteiger partial charge in [-0.3, -0.25) is 10.1 Å². The van der Waals surface area contributed by atoms with Crippen molar-refractivity contribution in [2.75, 3.05) is 13.1 Å². The second kappa shape index (κ2) is 5.42. The molecular formula is C18H18N6. The van der Waals surface area contributed by atoms with Crippen LogP contribution in [0.5, 0.6) is 0 Å². The van der Waals surface area contributed by atoms with Crippen molar-refractivity contribution in [2.45, 2.75) is 18.8 Å². The van der Waals surface area contributed by atoms with Crippen LogP contribution in [0.1, 0.15) is 24.5 Å². The summed E-state index contributed by atoms with van der Waals surface area (Å²) in [5.74, 6) is 0.530. The third-order valence-electron chi connectivity index (χ3n) is 4.83. The van der Waals surface area contributed by atoms with E-state index >= 15 is 0 Å². The SMILES string of the molecule is c1cnc2cc(-c3n[nH]c4ccc(C5CCNCC5)nc34)[nH]c2c1. The maximum atomic E-state index is 4.94.